The third-order valence-corrected chi connectivity index (χ3v) is 2.55. The maximum Gasteiger partial charge on any atom is 0.168 e. The molecule has 0 fully saturated rings. The molecule has 2 rings (SSSR count). The summed E-state index contributed by atoms with van der Waals surface area (Å²) in [5.74, 6) is 0.562. The van der Waals surface area contributed by atoms with E-state index in [4.69, 9.17) is 11.6 Å². The number of rotatable bonds is 3. The molecule has 0 saturated carbocycles. The smallest absolute Gasteiger partial charge is 0.168 e. The monoisotopic (exact) mass is 238 g/mol. The van der Waals surface area contributed by atoms with Crippen molar-refractivity contribution >= 4 is 35.0 Å². The number of thiophene rings is 1. The van der Waals surface area contributed by atoms with E-state index >= 15 is 0 Å². The van der Waals surface area contributed by atoms with E-state index in [-0.39, 0.29) is 0 Å². The van der Waals surface area contributed by atoms with Crippen molar-refractivity contribution in [1.29, 1.82) is 0 Å². The van der Waals surface area contributed by atoms with Crippen molar-refractivity contribution in [3.8, 4) is 0 Å². The molecule has 2 aromatic heterocycles. The van der Waals surface area contributed by atoms with Gasteiger partial charge in [0.05, 0.1) is 6.21 Å². The number of halogens is 1. The molecule has 0 spiro atoms. The molecule has 0 aliphatic heterocycles. The van der Waals surface area contributed by atoms with Gasteiger partial charge in [-0.05, 0) is 23.6 Å². The Labute approximate surface area is 95.6 Å². The molecule has 76 valence electrons. The van der Waals surface area contributed by atoms with Crippen molar-refractivity contribution in [3.05, 3.63) is 39.7 Å². The highest BCUT2D eigenvalue weighted by molar-refractivity contribution is 7.11. The van der Waals surface area contributed by atoms with Gasteiger partial charge in [0.1, 0.15) is 0 Å². The minimum absolute atomic E-state index is 0.364. The first kappa shape index (κ1) is 10.1. The third kappa shape index (κ3) is 3.00. The lowest BCUT2D eigenvalue weighted by atomic mass is 10.5. The molecule has 0 unspecified atom stereocenters. The molecule has 0 amide bonds. The Kier molecular flexibility index (Phi) is 3.26. The highest BCUT2D eigenvalue weighted by atomic mass is 35.5. The topological polar surface area (TPSA) is 50.2 Å². The maximum absolute atomic E-state index is 5.59. The summed E-state index contributed by atoms with van der Waals surface area (Å²) in [7, 11) is 0. The van der Waals surface area contributed by atoms with Gasteiger partial charge in [0.2, 0.25) is 0 Å². The van der Waals surface area contributed by atoms with Crippen LogP contribution in [0.5, 0.6) is 0 Å². The highest BCUT2D eigenvalue weighted by Gasteiger charge is 1.92. The zero-order valence-corrected chi connectivity index (χ0v) is 9.16. The lowest BCUT2D eigenvalue weighted by molar-refractivity contribution is 1.02. The summed E-state index contributed by atoms with van der Waals surface area (Å²) >= 11 is 7.20. The Balaban J connectivity index is 1.96. The number of nitrogens with zero attached hydrogens (tertiary/aromatic N) is 3. The molecule has 0 atom stereocenters. The number of hydrogen-bond acceptors (Lipinski definition) is 5. The fourth-order valence-corrected chi connectivity index (χ4v) is 1.59. The van der Waals surface area contributed by atoms with E-state index in [1.165, 1.54) is 0 Å². The fourth-order valence-electron chi connectivity index (χ4n) is 0.902. The number of hydrogen-bond donors (Lipinski definition) is 1. The minimum Gasteiger partial charge on any atom is -0.260 e. The van der Waals surface area contributed by atoms with Crippen LogP contribution >= 0.6 is 22.9 Å². The standard InChI is InChI=1S/C9H7ClN4S/c10-8-3-4-9(14-12-8)13-11-6-7-2-1-5-15-7/h1-6H,(H,13,14). The molecule has 0 aliphatic rings. The van der Waals surface area contributed by atoms with Gasteiger partial charge in [-0.3, -0.25) is 5.43 Å². The molecule has 6 heteroatoms. The van der Waals surface area contributed by atoms with E-state index in [1.54, 1.807) is 29.7 Å². The van der Waals surface area contributed by atoms with E-state index in [0.29, 0.717) is 11.0 Å². The normalized spacial score (nSPS) is 10.7. The zero-order valence-electron chi connectivity index (χ0n) is 7.59. The first-order valence-corrected chi connectivity index (χ1v) is 5.42. The van der Waals surface area contributed by atoms with Gasteiger partial charge in [0.15, 0.2) is 11.0 Å². The van der Waals surface area contributed by atoms with Gasteiger partial charge in [-0.15, -0.1) is 21.5 Å². The maximum atomic E-state index is 5.59. The van der Waals surface area contributed by atoms with Crippen molar-refractivity contribution in [2.75, 3.05) is 5.43 Å². The van der Waals surface area contributed by atoms with Crippen LogP contribution in [0, 0.1) is 0 Å². The van der Waals surface area contributed by atoms with Crippen LogP contribution < -0.4 is 5.43 Å². The van der Waals surface area contributed by atoms with Crippen LogP contribution in [0.3, 0.4) is 0 Å². The van der Waals surface area contributed by atoms with Crippen molar-refractivity contribution in [3.63, 3.8) is 0 Å². The van der Waals surface area contributed by atoms with Crippen LogP contribution in [-0.4, -0.2) is 16.4 Å². The van der Waals surface area contributed by atoms with Crippen LogP contribution in [0.1, 0.15) is 4.88 Å². The van der Waals surface area contributed by atoms with Gasteiger partial charge in [0.25, 0.3) is 0 Å². The van der Waals surface area contributed by atoms with Crippen LogP contribution in [0.4, 0.5) is 5.82 Å². The first-order chi connectivity index (χ1) is 7.34. The molecule has 4 nitrogen and oxygen atoms in total. The molecular weight excluding hydrogens is 232 g/mol. The molecule has 1 N–H and O–H groups in total. The van der Waals surface area contributed by atoms with Gasteiger partial charge in [-0.1, -0.05) is 17.7 Å². The number of hydrazone groups is 1. The van der Waals surface area contributed by atoms with Crippen LogP contribution in [0.25, 0.3) is 0 Å². The van der Waals surface area contributed by atoms with Gasteiger partial charge in [-0.2, -0.15) is 5.10 Å². The summed E-state index contributed by atoms with van der Waals surface area (Å²) in [5.41, 5.74) is 2.75. The fraction of sp³-hybridized carbons (Fsp3) is 0. The summed E-state index contributed by atoms with van der Waals surface area (Å²) in [6, 6.07) is 7.30. The minimum atomic E-state index is 0.364. The highest BCUT2D eigenvalue weighted by Crippen LogP contribution is 2.07. The van der Waals surface area contributed by atoms with E-state index in [2.05, 4.69) is 20.7 Å². The molecule has 0 bridgehead atoms. The molecule has 0 aromatic carbocycles. The summed E-state index contributed by atoms with van der Waals surface area (Å²) < 4.78 is 0. The number of anilines is 1. The van der Waals surface area contributed by atoms with E-state index in [0.717, 1.165) is 4.88 Å². The average Bonchev–Trinajstić information content (AvgIpc) is 2.74. The van der Waals surface area contributed by atoms with E-state index in [9.17, 15) is 0 Å². The summed E-state index contributed by atoms with van der Waals surface area (Å²) in [4.78, 5) is 1.07. The van der Waals surface area contributed by atoms with Crippen molar-refractivity contribution in [1.82, 2.24) is 10.2 Å². The quantitative estimate of drug-likeness (QED) is 0.661. The Morgan fingerprint density at radius 2 is 2.27 bits per heavy atom. The number of aromatic nitrogens is 2. The number of nitrogens with one attached hydrogen (secondary N) is 1. The van der Waals surface area contributed by atoms with E-state index < -0.39 is 0 Å². The van der Waals surface area contributed by atoms with Crippen molar-refractivity contribution < 1.29 is 0 Å². The second-order valence-corrected chi connectivity index (χ2v) is 3.99. The van der Waals surface area contributed by atoms with Crippen molar-refractivity contribution in [2.24, 2.45) is 5.10 Å². The Morgan fingerprint density at radius 1 is 1.33 bits per heavy atom. The summed E-state index contributed by atoms with van der Waals surface area (Å²) in [6.07, 6.45) is 1.72. The Bertz CT molecular complexity index is 438. The van der Waals surface area contributed by atoms with Crippen LogP contribution in [0.2, 0.25) is 5.15 Å². The predicted molar refractivity (Wildman–Crippen MR) is 62.6 cm³/mol. The molecular formula is C9H7ClN4S. The first-order valence-electron chi connectivity index (χ1n) is 4.16. The lowest BCUT2D eigenvalue weighted by Gasteiger charge is -1.96. The molecule has 15 heavy (non-hydrogen) atoms. The third-order valence-electron chi connectivity index (χ3n) is 1.55. The van der Waals surface area contributed by atoms with Crippen molar-refractivity contribution in [2.45, 2.75) is 0 Å². The SMILES string of the molecule is Clc1ccc(NN=Cc2cccs2)nn1. The Morgan fingerprint density at radius 3 is 2.93 bits per heavy atom. The molecule has 2 heterocycles. The average molecular weight is 239 g/mol. The molecule has 0 radical (unpaired) electrons. The van der Waals surface area contributed by atoms with Crippen LogP contribution in [-0.2, 0) is 0 Å². The van der Waals surface area contributed by atoms with E-state index in [1.807, 2.05) is 17.5 Å². The predicted octanol–water partition coefficient (Wildman–Crippen LogP) is 2.64. The Hall–Kier alpha value is -1.46. The second kappa shape index (κ2) is 4.86. The summed E-state index contributed by atoms with van der Waals surface area (Å²) in [6.45, 7) is 0. The molecule has 0 saturated heterocycles. The largest absolute Gasteiger partial charge is 0.260 e. The van der Waals surface area contributed by atoms with Gasteiger partial charge in [0, 0.05) is 4.88 Å². The second-order valence-electron chi connectivity index (χ2n) is 2.63. The van der Waals surface area contributed by atoms with Crippen LogP contribution in [0.15, 0.2) is 34.7 Å². The van der Waals surface area contributed by atoms with Gasteiger partial charge >= 0.3 is 0 Å². The van der Waals surface area contributed by atoms with Gasteiger partial charge < -0.3 is 0 Å². The molecule has 2 aromatic rings. The zero-order chi connectivity index (χ0) is 10.5. The van der Waals surface area contributed by atoms with Gasteiger partial charge in [-0.25, -0.2) is 0 Å². The molecule has 0 aliphatic carbocycles. The lowest BCUT2D eigenvalue weighted by Crippen LogP contribution is -1.94. The summed E-state index contributed by atoms with van der Waals surface area (Å²) in [5, 5.41) is 13.8.